The van der Waals surface area contributed by atoms with Crippen LogP contribution in [0.5, 0.6) is 0 Å². The van der Waals surface area contributed by atoms with E-state index in [1.165, 1.54) is 10.4 Å². The van der Waals surface area contributed by atoms with Gasteiger partial charge in [-0.15, -0.1) is 0 Å². The first-order chi connectivity index (χ1) is 13.3. The van der Waals surface area contributed by atoms with Gasteiger partial charge in [0, 0.05) is 5.92 Å². The number of benzene rings is 2. The van der Waals surface area contributed by atoms with E-state index >= 15 is 0 Å². The fourth-order valence-corrected chi connectivity index (χ4v) is 9.97. The summed E-state index contributed by atoms with van der Waals surface area (Å²) in [6.07, 6.45) is 0.442. The maximum Gasteiger partial charge on any atom is 0.261 e. The normalized spacial score (nSPS) is 30.0. The largest absolute Gasteiger partial charge is 0.404 e. The summed E-state index contributed by atoms with van der Waals surface area (Å²) in [6.45, 7) is 10.2. The molecule has 1 heterocycles. The Morgan fingerprint density at radius 1 is 1.04 bits per heavy atom. The predicted molar refractivity (Wildman–Crippen MR) is 116 cm³/mol. The number of hydrogen-bond acceptors (Lipinski definition) is 3. The van der Waals surface area contributed by atoms with E-state index in [9.17, 15) is 5.11 Å². The molecule has 0 aromatic heterocycles. The van der Waals surface area contributed by atoms with Gasteiger partial charge in [0.25, 0.3) is 8.32 Å². The Balaban J connectivity index is 1.78. The third kappa shape index (κ3) is 2.98. The molecule has 0 radical (unpaired) electrons. The van der Waals surface area contributed by atoms with Gasteiger partial charge in [0.05, 0.1) is 19.3 Å². The van der Waals surface area contributed by atoms with Crippen molar-refractivity contribution >= 4 is 18.7 Å². The van der Waals surface area contributed by atoms with Crippen LogP contribution in [0.2, 0.25) is 5.04 Å². The summed E-state index contributed by atoms with van der Waals surface area (Å²) in [5, 5.41) is 13.4. The van der Waals surface area contributed by atoms with E-state index in [0.717, 1.165) is 6.42 Å². The first-order valence-electron chi connectivity index (χ1n) is 10.4. The Hall–Kier alpha value is -1.46. The Labute approximate surface area is 169 Å². The van der Waals surface area contributed by atoms with Crippen molar-refractivity contribution in [3.05, 3.63) is 60.7 Å². The van der Waals surface area contributed by atoms with Crippen molar-refractivity contribution in [1.29, 1.82) is 0 Å². The van der Waals surface area contributed by atoms with Crippen LogP contribution in [0.4, 0.5) is 0 Å². The van der Waals surface area contributed by atoms with E-state index in [1.54, 1.807) is 0 Å². The quantitative estimate of drug-likeness (QED) is 0.788. The number of aliphatic hydroxyl groups is 1. The molecule has 2 aromatic carbocycles. The molecule has 0 spiro atoms. The lowest BCUT2D eigenvalue weighted by Gasteiger charge is -2.45. The third-order valence-corrected chi connectivity index (χ3v) is 11.8. The summed E-state index contributed by atoms with van der Waals surface area (Å²) < 4.78 is 13.2. The van der Waals surface area contributed by atoms with Crippen LogP contribution in [0.15, 0.2) is 60.7 Å². The van der Waals surface area contributed by atoms with Gasteiger partial charge in [-0.3, -0.25) is 0 Å². The molecule has 2 bridgehead atoms. The highest BCUT2D eigenvalue weighted by Gasteiger charge is 2.60. The minimum atomic E-state index is -2.60. The monoisotopic (exact) mass is 396 g/mol. The van der Waals surface area contributed by atoms with Crippen LogP contribution in [0.3, 0.4) is 0 Å². The molecular formula is C24H32O3Si. The lowest BCUT2D eigenvalue weighted by Crippen LogP contribution is -2.68. The molecule has 1 aliphatic heterocycles. The van der Waals surface area contributed by atoms with Crippen molar-refractivity contribution in [2.24, 2.45) is 11.8 Å². The Morgan fingerprint density at radius 3 is 1.96 bits per heavy atom. The van der Waals surface area contributed by atoms with Crippen LogP contribution in [0.1, 0.15) is 34.1 Å². The van der Waals surface area contributed by atoms with E-state index < -0.39 is 20.0 Å². The summed E-state index contributed by atoms with van der Waals surface area (Å²) in [5.74, 6) is 0.717. The van der Waals surface area contributed by atoms with Crippen molar-refractivity contribution in [1.82, 2.24) is 0 Å². The van der Waals surface area contributed by atoms with Crippen molar-refractivity contribution in [3.8, 4) is 0 Å². The fourth-order valence-electron chi connectivity index (χ4n) is 5.36. The molecule has 1 unspecified atom stereocenters. The molecule has 4 heteroatoms. The molecule has 28 heavy (non-hydrogen) atoms. The zero-order valence-electron chi connectivity index (χ0n) is 17.4. The van der Waals surface area contributed by atoms with Crippen LogP contribution in [0, 0.1) is 11.8 Å². The molecule has 1 saturated carbocycles. The average molecular weight is 397 g/mol. The first kappa shape index (κ1) is 19.8. The van der Waals surface area contributed by atoms with Gasteiger partial charge in [0.15, 0.2) is 0 Å². The van der Waals surface area contributed by atoms with Crippen LogP contribution >= 0.6 is 0 Å². The SMILES string of the molecule is CC1C[C@]2(CO[Si](c3ccccc3)(c3ccccc3)C(C)(C)C)OC[C@H]1[C@@H]2O. The molecule has 1 saturated heterocycles. The highest BCUT2D eigenvalue weighted by Crippen LogP contribution is 2.49. The van der Waals surface area contributed by atoms with Crippen molar-refractivity contribution in [2.45, 2.75) is 50.9 Å². The third-order valence-electron chi connectivity index (χ3n) is 6.86. The van der Waals surface area contributed by atoms with Crippen molar-refractivity contribution in [2.75, 3.05) is 13.2 Å². The minimum absolute atomic E-state index is 0.0699. The second-order valence-corrected chi connectivity index (χ2v) is 13.9. The standard InChI is InChI=1S/C24H32O3Si/c1-18-15-24(22(25)21(18)16-26-24)17-27-28(23(2,3)4,19-11-7-5-8-12-19)20-13-9-6-10-14-20/h5-14,18,21-22,25H,15-17H2,1-4H3/t18?,21-,22+,24-/m1/s1. The Bertz CT molecular complexity index is 762. The van der Waals surface area contributed by atoms with E-state index in [-0.39, 0.29) is 11.0 Å². The van der Waals surface area contributed by atoms with Crippen molar-refractivity contribution < 1.29 is 14.3 Å². The zero-order valence-corrected chi connectivity index (χ0v) is 18.4. The summed E-state index contributed by atoms with van der Waals surface area (Å²) in [5.41, 5.74) is -0.558. The molecule has 0 amide bonds. The van der Waals surface area contributed by atoms with Gasteiger partial charge in [0.1, 0.15) is 5.60 Å². The topological polar surface area (TPSA) is 38.7 Å². The van der Waals surface area contributed by atoms with E-state index in [4.69, 9.17) is 9.16 Å². The molecule has 2 aliphatic rings. The smallest absolute Gasteiger partial charge is 0.261 e. The van der Waals surface area contributed by atoms with Crippen LogP contribution in [-0.2, 0) is 9.16 Å². The molecule has 4 atom stereocenters. The molecule has 4 rings (SSSR count). The Morgan fingerprint density at radius 2 is 1.57 bits per heavy atom. The summed E-state index contributed by atoms with van der Waals surface area (Å²) in [7, 11) is -2.60. The maximum absolute atomic E-state index is 10.9. The van der Waals surface area contributed by atoms with E-state index in [2.05, 4.69) is 88.4 Å². The summed E-state index contributed by atoms with van der Waals surface area (Å²) in [4.78, 5) is 0. The highest BCUT2D eigenvalue weighted by molar-refractivity contribution is 6.99. The molecule has 1 N–H and O–H groups in total. The molecule has 3 nitrogen and oxygen atoms in total. The number of rotatable bonds is 5. The van der Waals surface area contributed by atoms with Gasteiger partial charge < -0.3 is 14.3 Å². The van der Waals surface area contributed by atoms with Gasteiger partial charge in [-0.05, 0) is 27.8 Å². The van der Waals surface area contributed by atoms with Gasteiger partial charge in [-0.2, -0.15) is 0 Å². The lowest BCUT2D eigenvalue weighted by atomic mass is 9.98. The number of fused-ring (bicyclic) bond motifs is 2. The average Bonchev–Trinajstić information content (AvgIpc) is 3.11. The van der Waals surface area contributed by atoms with E-state index in [0.29, 0.717) is 19.1 Å². The van der Waals surface area contributed by atoms with Gasteiger partial charge in [-0.25, -0.2) is 0 Å². The molecular weight excluding hydrogens is 364 g/mol. The van der Waals surface area contributed by atoms with Crippen LogP contribution in [0.25, 0.3) is 0 Å². The molecule has 1 aliphatic carbocycles. The first-order valence-corrected chi connectivity index (χ1v) is 12.3. The number of hydrogen-bond donors (Lipinski definition) is 1. The molecule has 2 fully saturated rings. The summed E-state index contributed by atoms with van der Waals surface area (Å²) >= 11 is 0. The highest BCUT2D eigenvalue weighted by atomic mass is 28.4. The lowest BCUT2D eigenvalue weighted by molar-refractivity contribution is -0.0898. The number of aliphatic hydroxyl groups excluding tert-OH is 1. The molecule has 150 valence electrons. The van der Waals surface area contributed by atoms with Gasteiger partial charge in [-0.1, -0.05) is 88.4 Å². The number of ether oxygens (including phenoxy) is 1. The van der Waals surface area contributed by atoms with Gasteiger partial charge in [0.2, 0.25) is 0 Å². The second kappa shape index (κ2) is 7.10. The minimum Gasteiger partial charge on any atom is -0.404 e. The van der Waals surface area contributed by atoms with Crippen LogP contribution in [-0.4, -0.2) is 38.3 Å². The predicted octanol–water partition coefficient (Wildman–Crippen LogP) is 3.35. The fraction of sp³-hybridized carbons (Fsp3) is 0.500. The van der Waals surface area contributed by atoms with Crippen molar-refractivity contribution in [3.63, 3.8) is 0 Å². The molecule has 2 aromatic rings. The van der Waals surface area contributed by atoms with E-state index in [1.807, 2.05) is 0 Å². The summed E-state index contributed by atoms with van der Waals surface area (Å²) in [6, 6.07) is 21.3. The maximum atomic E-state index is 10.9. The zero-order chi connectivity index (χ0) is 20.0. The van der Waals surface area contributed by atoms with Gasteiger partial charge >= 0.3 is 0 Å². The Kier molecular flexibility index (Phi) is 5.03. The second-order valence-electron chi connectivity index (χ2n) is 9.62. The van der Waals surface area contributed by atoms with Crippen LogP contribution < -0.4 is 10.4 Å².